The Morgan fingerprint density at radius 2 is 2.13 bits per heavy atom. The van der Waals surface area contributed by atoms with Crippen LogP contribution in [0.15, 0.2) is 18.2 Å². The fourth-order valence-electron chi connectivity index (χ4n) is 3.44. The van der Waals surface area contributed by atoms with Crippen LogP contribution in [-0.4, -0.2) is 38.4 Å². The standard InChI is InChI=1S/C18H26N2O3/c1-17(2,3)13-6-7-14(15(10-13)22-4)20-9-5-8-18(12-20)11-19-16(21)23-18/h6-7,10H,5,8-9,11-12H2,1-4H3,(H,19,21). The zero-order chi connectivity index (χ0) is 16.7. The number of methoxy groups -OCH3 is 1. The van der Waals surface area contributed by atoms with Crippen molar-refractivity contribution >= 4 is 11.8 Å². The number of rotatable bonds is 2. The number of nitrogens with zero attached hydrogens (tertiary/aromatic N) is 1. The average molecular weight is 318 g/mol. The van der Waals surface area contributed by atoms with Gasteiger partial charge in [-0.3, -0.25) is 0 Å². The lowest BCUT2D eigenvalue weighted by molar-refractivity contribution is 0.0446. The van der Waals surface area contributed by atoms with Crippen molar-refractivity contribution < 1.29 is 14.3 Å². The average Bonchev–Trinajstić information content (AvgIpc) is 2.86. The Balaban J connectivity index is 1.87. The van der Waals surface area contributed by atoms with E-state index in [0.29, 0.717) is 13.1 Å². The van der Waals surface area contributed by atoms with Gasteiger partial charge in [-0.25, -0.2) is 4.79 Å². The summed E-state index contributed by atoms with van der Waals surface area (Å²) in [6.45, 7) is 8.83. The summed E-state index contributed by atoms with van der Waals surface area (Å²) in [5, 5.41) is 2.79. The Kier molecular flexibility index (Phi) is 3.90. The van der Waals surface area contributed by atoms with Gasteiger partial charge in [0.15, 0.2) is 0 Å². The van der Waals surface area contributed by atoms with Crippen molar-refractivity contribution in [2.45, 2.75) is 44.6 Å². The van der Waals surface area contributed by atoms with Crippen LogP contribution in [0.1, 0.15) is 39.2 Å². The number of carbonyl (C=O) groups is 1. The topological polar surface area (TPSA) is 50.8 Å². The molecule has 2 saturated heterocycles. The van der Waals surface area contributed by atoms with Gasteiger partial charge < -0.3 is 19.7 Å². The van der Waals surface area contributed by atoms with Gasteiger partial charge in [-0.2, -0.15) is 0 Å². The molecule has 2 aliphatic rings. The largest absolute Gasteiger partial charge is 0.495 e. The van der Waals surface area contributed by atoms with Crippen LogP contribution in [0, 0.1) is 0 Å². The molecule has 1 aromatic rings. The summed E-state index contributed by atoms with van der Waals surface area (Å²) in [5.41, 5.74) is 2.00. The third-order valence-corrected chi connectivity index (χ3v) is 4.79. The number of hydrogen-bond donors (Lipinski definition) is 1. The van der Waals surface area contributed by atoms with E-state index in [-0.39, 0.29) is 11.5 Å². The Labute approximate surface area is 137 Å². The number of nitrogens with one attached hydrogen (secondary N) is 1. The number of hydrogen-bond acceptors (Lipinski definition) is 4. The fraction of sp³-hybridized carbons (Fsp3) is 0.611. The minimum atomic E-state index is -0.400. The number of piperidine rings is 1. The first kappa shape index (κ1) is 16.0. The highest BCUT2D eigenvalue weighted by Gasteiger charge is 2.44. The van der Waals surface area contributed by atoms with Crippen LogP contribution in [0.2, 0.25) is 0 Å². The van der Waals surface area contributed by atoms with Gasteiger partial charge in [0.1, 0.15) is 11.4 Å². The van der Waals surface area contributed by atoms with E-state index in [2.05, 4.69) is 49.2 Å². The van der Waals surface area contributed by atoms with E-state index in [4.69, 9.17) is 9.47 Å². The summed E-state index contributed by atoms with van der Waals surface area (Å²) < 4.78 is 11.2. The molecule has 1 N–H and O–H groups in total. The highest BCUT2D eigenvalue weighted by atomic mass is 16.6. The molecular weight excluding hydrogens is 292 g/mol. The van der Waals surface area contributed by atoms with Crippen molar-refractivity contribution in [2.75, 3.05) is 31.6 Å². The molecule has 3 rings (SSSR count). The number of amides is 1. The first-order valence-corrected chi connectivity index (χ1v) is 8.23. The molecule has 5 nitrogen and oxygen atoms in total. The number of anilines is 1. The lowest BCUT2D eigenvalue weighted by atomic mass is 9.86. The van der Waals surface area contributed by atoms with Crippen LogP contribution in [0.25, 0.3) is 0 Å². The molecule has 2 heterocycles. The summed E-state index contributed by atoms with van der Waals surface area (Å²) in [5.74, 6) is 0.881. The minimum Gasteiger partial charge on any atom is -0.495 e. The van der Waals surface area contributed by atoms with Crippen LogP contribution in [-0.2, 0) is 10.2 Å². The van der Waals surface area contributed by atoms with Gasteiger partial charge in [-0.1, -0.05) is 26.8 Å². The van der Waals surface area contributed by atoms with Crippen molar-refractivity contribution in [1.82, 2.24) is 5.32 Å². The first-order chi connectivity index (χ1) is 10.8. The van der Waals surface area contributed by atoms with Gasteiger partial charge in [0.05, 0.1) is 25.9 Å². The number of benzene rings is 1. The summed E-state index contributed by atoms with van der Waals surface area (Å²) >= 11 is 0. The molecule has 1 atom stereocenters. The Bertz CT molecular complexity index is 609. The van der Waals surface area contributed by atoms with E-state index in [9.17, 15) is 4.79 Å². The molecule has 1 aromatic carbocycles. The molecule has 2 aliphatic heterocycles. The molecule has 23 heavy (non-hydrogen) atoms. The van der Waals surface area contributed by atoms with Gasteiger partial charge in [0.25, 0.3) is 0 Å². The van der Waals surface area contributed by atoms with Gasteiger partial charge in [-0.15, -0.1) is 0 Å². The molecule has 0 aromatic heterocycles. The number of alkyl carbamates (subject to hydrolysis) is 1. The van der Waals surface area contributed by atoms with Gasteiger partial charge in [-0.05, 0) is 36.0 Å². The van der Waals surface area contributed by atoms with E-state index in [1.807, 2.05) is 0 Å². The van der Waals surface area contributed by atoms with E-state index < -0.39 is 5.60 Å². The van der Waals surface area contributed by atoms with Crippen LogP contribution in [0.4, 0.5) is 10.5 Å². The SMILES string of the molecule is COc1cc(C(C)(C)C)ccc1N1CCCC2(CNC(=O)O2)C1. The van der Waals surface area contributed by atoms with Crippen molar-refractivity contribution in [2.24, 2.45) is 0 Å². The second kappa shape index (κ2) is 5.62. The van der Waals surface area contributed by atoms with Crippen molar-refractivity contribution in [1.29, 1.82) is 0 Å². The quantitative estimate of drug-likeness (QED) is 0.910. The zero-order valence-electron chi connectivity index (χ0n) is 14.4. The molecule has 5 heteroatoms. The van der Waals surface area contributed by atoms with Crippen LogP contribution in [0.3, 0.4) is 0 Å². The second-order valence-corrected chi connectivity index (χ2v) is 7.59. The molecule has 0 aliphatic carbocycles. The summed E-state index contributed by atoms with van der Waals surface area (Å²) in [6.07, 6.45) is 1.60. The summed E-state index contributed by atoms with van der Waals surface area (Å²) in [7, 11) is 1.71. The third kappa shape index (κ3) is 3.09. The smallest absolute Gasteiger partial charge is 0.407 e. The molecule has 126 valence electrons. The molecule has 2 fully saturated rings. The van der Waals surface area contributed by atoms with E-state index in [1.54, 1.807) is 7.11 Å². The van der Waals surface area contributed by atoms with E-state index in [1.165, 1.54) is 5.56 Å². The minimum absolute atomic E-state index is 0.0832. The Morgan fingerprint density at radius 1 is 1.35 bits per heavy atom. The highest BCUT2D eigenvalue weighted by Crippen LogP contribution is 2.37. The molecule has 0 radical (unpaired) electrons. The van der Waals surface area contributed by atoms with E-state index in [0.717, 1.165) is 30.8 Å². The molecule has 0 saturated carbocycles. The third-order valence-electron chi connectivity index (χ3n) is 4.79. The van der Waals surface area contributed by atoms with Crippen LogP contribution < -0.4 is 15.0 Å². The number of ether oxygens (including phenoxy) is 2. The van der Waals surface area contributed by atoms with Crippen LogP contribution in [0.5, 0.6) is 5.75 Å². The van der Waals surface area contributed by atoms with Crippen LogP contribution >= 0.6 is 0 Å². The predicted molar refractivity (Wildman–Crippen MR) is 90.4 cm³/mol. The van der Waals surface area contributed by atoms with Crippen molar-refractivity contribution in [3.8, 4) is 5.75 Å². The molecule has 0 bridgehead atoms. The maximum atomic E-state index is 11.5. The van der Waals surface area contributed by atoms with E-state index >= 15 is 0 Å². The zero-order valence-corrected chi connectivity index (χ0v) is 14.4. The lowest BCUT2D eigenvalue weighted by Gasteiger charge is -2.40. The molecule has 1 amide bonds. The monoisotopic (exact) mass is 318 g/mol. The number of carbonyl (C=O) groups excluding carboxylic acids is 1. The summed E-state index contributed by atoms with van der Waals surface area (Å²) in [6, 6.07) is 6.41. The fourth-order valence-corrected chi connectivity index (χ4v) is 3.44. The maximum absolute atomic E-state index is 11.5. The van der Waals surface area contributed by atoms with Crippen molar-refractivity contribution in [3.05, 3.63) is 23.8 Å². The molecule has 1 unspecified atom stereocenters. The lowest BCUT2D eigenvalue weighted by Crippen LogP contribution is -2.50. The predicted octanol–water partition coefficient (Wildman–Crippen LogP) is 3.07. The Morgan fingerprint density at radius 3 is 2.74 bits per heavy atom. The molecular formula is C18H26N2O3. The highest BCUT2D eigenvalue weighted by molar-refractivity contribution is 5.71. The Hall–Kier alpha value is -1.91. The molecule has 1 spiro atoms. The van der Waals surface area contributed by atoms with Gasteiger partial charge in [0, 0.05) is 6.54 Å². The van der Waals surface area contributed by atoms with Crippen molar-refractivity contribution in [3.63, 3.8) is 0 Å². The normalized spacial score (nSPS) is 24.5. The summed E-state index contributed by atoms with van der Waals surface area (Å²) in [4.78, 5) is 13.7. The van der Waals surface area contributed by atoms with Gasteiger partial charge in [0.2, 0.25) is 0 Å². The second-order valence-electron chi connectivity index (χ2n) is 7.59. The first-order valence-electron chi connectivity index (χ1n) is 8.23. The van der Waals surface area contributed by atoms with Gasteiger partial charge >= 0.3 is 6.09 Å². The maximum Gasteiger partial charge on any atom is 0.407 e.